The molecule has 1 aliphatic carbocycles. The van der Waals surface area contributed by atoms with Gasteiger partial charge in [-0.3, -0.25) is 0 Å². The van der Waals surface area contributed by atoms with E-state index in [1.54, 1.807) is 0 Å². The van der Waals surface area contributed by atoms with Gasteiger partial charge < -0.3 is 5.32 Å². The summed E-state index contributed by atoms with van der Waals surface area (Å²) in [5.41, 5.74) is 0.654. The summed E-state index contributed by atoms with van der Waals surface area (Å²) in [5, 5.41) is 3.45. The molecule has 0 radical (unpaired) electrons. The molecule has 0 spiro atoms. The largest absolute Gasteiger partial charge is 0.316 e. The maximum Gasteiger partial charge on any atom is -0.00152 e. The molecule has 1 saturated carbocycles. The molecule has 1 N–H and O–H groups in total. The minimum absolute atomic E-state index is 0.654. The van der Waals surface area contributed by atoms with E-state index in [9.17, 15) is 0 Å². The molecule has 0 aromatic carbocycles. The highest BCUT2D eigenvalue weighted by Gasteiger charge is 2.44. The van der Waals surface area contributed by atoms with Crippen molar-refractivity contribution in [2.24, 2.45) is 11.3 Å². The summed E-state index contributed by atoms with van der Waals surface area (Å²) in [5.74, 6) is 0.957. The molecule has 0 aromatic heterocycles. The van der Waals surface area contributed by atoms with Crippen molar-refractivity contribution in [3.05, 3.63) is 0 Å². The summed E-state index contributed by atoms with van der Waals surface area (Å²) in [7, 11) is 0. The van der Waals surface area contributed by atoms with Gasteiger partial charge in [0.15, 0.2) is 0 Å². The van der Waals surface area contributed by atoms with E-state index in [-0.39, 0.29) is 0 Å². The molecule has 0 heterocycles. The molecule has 0 amide bonds. The first-order valence-electron chi connectivity index (χ1n) is 4.37. The topological polar surface area (TPSA) is 12.0 Å². The van der Waals surface area contributed by atoms with Gasteiger partial charge in [0.05, 0.1) is 0 Å². The van der Waals surface area contributed by atoms with Crippen molar-refractivity contribution in [2.45, 2.75) is 33.6 Å². The third-order valence-corrected chi connectivity index (χ3v) is 2.54. The van der Waals surface area contributed by atoms with Crippen molar-refractivity contribution >= 4 is 0 Å². The minimum Gasteiger partial charge on any atom is -0.316 e. The van der Waals surface area contributed by atoms with Gasteiger partial charge >= 0.3 is 0 Å². The van der Waals surface area contributed by atoms with Crippen LogP contribution in [0.1, 0.15) is 33.6 Å². The molecular weight excluding hydrogens is 122 g/mol. The predicted molar refractivity (Wildman–Crippen MR) is 45.0 cm³/mol. The maximum absolute atomic E-state index is 3.45. The van der Waals surface area contributed by atoms with Crippen LogP contribution in [0.5, 0.6) is 0 Å². The van der Waals surface area contributed by atoms with E-state index >= 15 is 0 Å². The Morgan fingerprint density at radius 3 is 2.50 bits per heavy atom. The van der Waals surface area contributed by atoms with Crippen molar-refractivity contribution in [1.82, 2.24) is 5.32 Å². The van der Waals surface area contributed by atoms with Gasteiger partial charge in [-0.1, -0.05) is 20.8 Å². The fraction of sp³-hybridized carbons (Fsp3) is 1.00. The Bertz CT molecular complexity index is 107. The fourth-order valence-electron chi connectivity index (χ4n) is 1.38. The van der Waals surface area contributed by atoms with Crippen LogP contribution in [-0.4, -0.2) is 13.1 Å². The number of hydrogen-bond acceptors (Lipinski definition) is 1. The van der Waals surface area contributed by atoms with Gasteiger partial charge in [0.1, 0.15) is 0 Å². The summed E-state index contributed by atoms with van der Waals surface area (Å²) in [4.78, 5) is 0. The van der Waals surface area contributed by atoms with Crippen LogP contribution in [0.25, 0.3) is 0 Å². The molecule has 10 heavy (non-hydrogen) atoms. The van der Waals surface area contributed by atoms with E-state index in [1.807, 2.05) is 0 Å². The highest BCUT2D eigenvalue weighted by molar-refractivity contribution is 4.95. The minimum atomic E-state index is 0.654. The molecule has 1 fully saturated rings. The van der Waals surface area contributed by atoms with Crippen LogP contribution in [0.2, 0.25) is 0 Å². The van der Waals surface area contributed by atoms with Gasteiger partial charge in [0.2, 0.25) is 0 Å². The molecule has 60 valence electrons. The Balaban J connectivity index is 1.97. The van der Waals surface area contributed by atoms with E-state index in [4.69, 9.17) is 0 Å². The average molecular weight is 141 g/mol. The van der Waals surface area contributed by atoms with E-state index in [0.29, 0.717) is 5.41 Å². The third-order valence-electron chi connectivity index (χ3n) is 2.54. The molecule has 1 aliphatic rings. The van der Waals surface area contributed by atoms with Crippen molar-refractivity contribution in [3.63, 3.8) is 0 Å². The van der Waals surface area contributed by atoms with Gasteiger partial charge in [-0.25, -0.2) is 0 Å². The van der Waals surface area contributed by atoms with E-state index in [1.165, 1.54) is 25.9 Å². The van der Waals surface area contributed by atoms with Gasteiger partial charge in [0.25, 0.3) is 0 Å². The monoisotopic (exact) mass is 141 g/mol. The van der Waals surface area contributed by atoms with E-state index in [0.717, 1.165) is 5.92 Å². The van der Waals surface area contributed by atoms with Crippen molar-refractivity contribution in [1.29, 1.82) is 0 Å². The lowest BCUT2D eigenvalue weighted by Crippen LogP contribution is -2.19. The molecule has 0 unspecified atom stereocenters. The third kappa shape index (κ3) is 1.98. The zero-order valence-electron chi connectivity index (χ0n) is 7.41. The van der Waals surface area contributed by atoms with Crippen LogP contribution >= 0.6 is 0 Å². The smallest absolute Gasteiger partial charge is 0.00152 e. The van der Waals surface area contributed by atoms with Gasteiger partial charge in [0, 0.05) is 0 Å². The molecule has 0 aliphatic heterocycles. The normalized spacial score (nSPS) is 28.5. The van der Waals surface area contributed by atoms with Crippen LogP contribution in [0.3, 0.4) is 0 Å². The molecule has 0 bridgehead atoms. The van der Waals surface area contributed by atoms with Crippen LogP contribution in [-0.2, 0) is 0 Å². The SMILES string of the molecule is CCCNC[C@H]1CC1(C)C. The van der Waals surface area contributed by atoms with E-state index in [2.05, 4.69) is 26.1 Å². The van der Waals surface area contributed by atoms with Crippen LogP contribution in [0.4, 0.5) is 0 Å². The highest BCUT2D eigenvalue weighted by Crippen LogP contribution is 2.50. The number of nitrogens with one attached hydrogen (secondary N) is 1. The molecule has 0 saturated heterocycles. The Kier molecular flexibility index (Phi) is 2.35. The van der Waals surface area contributed by atoms with Crippen molar-refractivity contribution in [3.8, 4) is 0 Å². The summed E-state index contributed by atoms with van der Waals surface area (Å²) in [6.45, 7) is 9.34. The standard InChI is InChI=1S/C9H19N/c1-4-5-10-7-8-6-9(8,2)3/h8,10H,4-7H2,1-3H3/t8-/m1/s1. The lowest BCUT2D eigenvalue weighted by molar-refractivity contribution is 0.519. The molecule has 0 aromatic rings. The summed E-state index contributed by atoms with van der Waals surface area (Å²) < 4.78 is 0. The maximum atomic E-state index is 3.45. The summed E-state index contributed by atoms with van der Waals surface area (Å²) in [6, 6.07) is 0. The second-order valence-corrected chi connectivity index (χ2v) is 4.09. The molecule has 1 rings (SSSR count). The van der Waals surface area contributed by atoms with Crippen LogP contribution < -0.4 is 5.32 Å². The second kappa shape index (κ2) is 2.91. The molecule has 1 heteroatoms. The Labute approximate surface area is 64.2 Å². The van der Waals surface area contributed by atoms with Crippen molar-refractivity contribution in [2.75, 3.05) is 13.1 Å². The lowest BCUT2D eigenvalue weighted by atomic mass is 10.1. The van der Waals surface area contributed by atoms with Gasteiger partial charge in [-0.05, 0) is 37.3 Å². The Morgan fingerprint density at radius 1 is 1.50 bits per heavy atom. The van der Waals surface area contributed by atoms with Gasteiger partial charge in [-0.15, -0.1) is 0 Å². The highest BCUT2D eigenvalue weighted by atomic mass is 14.9. The average Bonchev–Trinajstić information content (AvgIpc) is 2.41. The van der Waals surface area contributed by atoms with Crippen LogP contribution in [0.15, 0.2) is 0 Å². The first-order valence-corrected chi connectivity index (χ1v) is 4.37. The zero-order valence-corrected chi connectivity index (χ0v) is 7.41. The predicted octanol–water partition coefficient (Wildman–Crippen LogP) is 2.03. The van der Waals surface area contributed by atoms with Crippen LogP contribution in [0, 0.1) is 11.3 Å². The molecule has 1 nitrogen and oxygen atoms in total. The first kappa shape index (κ1) is 8.06. The molecule has 1 atom stereocenters. The fourth-order valence-corrected chi connectivity index (χ4v) is 1.38. The van der Waals surface area contributed by atoms with Crippen molar-refractivity contribution < 1.29 is 0 Å². The Hall–Kier alpha value is -0.0400. The van der Waals surface area contributed by atoms with E-state index < -0.39 is 0 Å². The quantitative estimate of drug-likeness (QED) is 0.591. The lowest BCUT2D eigenvalue weighted by Gasteiger charge is -2.03. The van der Waals surface area contributed by atoms with Gasteiger partial charge in [-0.2, -0.15) is 0 Å². The molecular formula is C9H19N. The second-order valence-electron chi connectivity index (χ2n) is 4.09. The number of hydrogen-bond donors (Lipinski definition) is 1. The summed E-state index contributed by atoms with van der Waals surface area (Å²) in [6.07, 6.45) is 2.68. The zero-order chi connectivity index (χ0) is 7.61. The first-order chi connectivity index (χ1) is 4.67. The number of rotatable bonds is 4. The summed E-state index contributed by atoms with van der Waals surface area (Å²) >= 11 is 0. The Morgan fingerprint density at radius 2 is 2.10 bits per heavy atom.